The van der Waals surface area contributed by atoms with E-state index in [2.05, 4.69) is 40.7 Å². The fourth-order valence-corrected chi connectivity index (χ4v) is 8.20. The maximum Gasteiger partial charge on any atom is 0.0623 e. The van der Waals surface area contributed by atoms with Crippen molar-refractivity contribution in [1.82, 2.24) is 0 Å². The van der Waals surface area contributed by atoms with Crippen LogP contribution in [0.1, 0.15) is 86.0 Å². The van der Waals surface area contributed by atoms with Gasteiger partial charge in [-0.1, -0.05) is 32.4 Å². The number of rotatable bonds is 0. The molecule has 24 heavy (non-hydrogen) atoms. The lowest BCUT2D eigenvalue weighted by molar-refractivity contribution is -0.158. The molecule has 0 saturated heterocycles. The van der Waals surface area contributed by atoms with Gasteiger partial charge < -0.3 is 5.11 Å². The van der Waals surface area contributed by atoms with E-state index < -0.39 is 5.60 Å². The summed E-state index contributed by atoms with van der Waals surface area (Å²) >= 11 is 0. The summed E-state index contributed by atoms with van der Waals surface area (Å²) in [5.74, 6) is 4.27. The maximum absolute atomic E-state index is 10.7. The first kappa shape index (κ1) is 17.1. The number of allylic oxidation sites excluding steroid dienone is 2. The molecule has 4 fully saturated rings. The Morgan fingerprint density at radius 3 is 2.46 bits per heavy atom. The van der Waals surface area contributed by atoms with Gasteiger partial charge in [-0.05, 0) is 106 Å². The van der Waals surface area contributed by atoms with E-state index in [0.717, 1.165) is 42.4 Å². The lowest BCUT2D eigenvalue weighted by Crippen LogP contribution is -2.57. The molecular formula is C23H38O. The summed E-state index contributed by atoms with van der Waals surface area (Å²) in [4.78, 5) is 0. The molecule has 4 aliphatic rings. The second-order valence-electron chi connectivity index (χ2n) is 10.7. The van der Waals surface area contributed by atoms with Crippen molar-refractivity contribution in [2.45, 2.75) is 91.6 Å². The summed E-state index contributed by atoms with van der Waals surface area (Å²) in [5, 5.41) is 10.7. The van der Waals surface area contributed by atoms with Crippen LogP contribution in [0.2, 0.25) is 0 Å². The smallest absolute Gasteiger partial charge is 0.0623 e. The average Bonchev–Trinajstić information content (AvgIpc) is 2.86. The minimum absolute atomic E-state index is 0.417. The van der Waals surface area contributed by atoms with E-state index in [-0.39, 0.29) is 0 Å². The third-order valence-electron chi connectivity index (χ3n) is 9.52. The van der Waals surface area contributed by atoms with Gasteiger partial charge in [-0.3, -0.25) is 0 Å². The van der Waals surface area contributed by atoms with E-state index in [1.54, 1.807) is 5.57 Å². The minimum atomic E-state index is -0.417. The Hall–Kier alpha value is -0.300. The van der Waals surface area contributed by atoms with Gasteiger partial charge in [-0.25, -0.2) is 0 Å². The van der Waals surface area contributed by atoms with Crippen LogP contribution in [-0.4, -0.2) is 10.7 Å². The van der Waals surface area contributed by atoms with E-state index in [0.29, 0.717) is 10.8 Å². The Morgan fingerprint density at radius 1 is 1.00 bits per heavy atom. The molecular weight excluding hydrogens is 292 g/mol. The average molecular weight is 331 g/mol. The summed E-state index contributed by atoms with van der Waals surface area (Å²) in [7, 11) is 0. The number of fused-ring (bicyclic) bond motifs is 5. The first-order valence-corrected chi connectivity index (χ1v) is 10.6. The topological polar surface area (TPSA) is 20.2 Å². The molecule has 0 aromatic heterocycles. The van der Waals surface area contributed by atoms with Crippen LogP contribution < -0.4 is 0 Å². The van der Waals surface area contributed by atoms with Crippen molar-refractivity contribution in [2.24, 2.45) is 40.4 Å². The van der Waals surface area contributed by atoms with Crippen LogP contribution in [0.25, 0.3) is 0 Å². The largest absolute Gasteiger partial charge is 0.390 e. The summed E-state index contributed by atoms with van der Waals surface area (Å²) < 4.78 is 0. The fourth-order valence-electron chi connectivity index (χ4n) is 8.20. The second kappa shape index (κ2) is 5.35. The minimum Gasteiger partial charge on any atom is -0.390 e. The summed E-state index contributed by atoms with van der Waals surface area (Å²) in [6.45, 7) is 12.0. The van der Waals surface area contributed by atoms with E-state index in [4.69, 9.17) is 0 Å². The van der Waals surface area contributed by atoms with Gasteiger partial charge in [-0.2, -0.15) is 0 Å². The zero-order valence-electron chi connectivity index (χ0n) is 16.6. The number of hydrogen-bond acceptors (Lipinski definition) is 1. The molecule has 0 heterocycles. The first-order valence-electron chi connectivity index (χ1n) is 10.6. The molecule has 0 aromatic carbocycles. The molecule has 0 bridgehead atoms. The van der Waals surface area contributed by atoms with Crippen molar-refractivity contribution >= 4 is 0 Å². The van der Waals surface area contributed by atoms with Crippen molar-refractivity contribution < 1.29 is 5.11 Å². The molecule has 136 valence electrons. The van der Waals surface area contributed by atoms with Crippen LogP contribution >= 0.6 is 0 Å². The summed E-state index contributed by atoms with van der Waals surface area (Å²) in [5.41, 5.74) is 2.32. The number of hydrogen-bond donors (Lipinski definition) is 1. The summed E-state index contributed by atoms with van der Waals surface area (Å²) in [6.07, 6.45) is 12.8. The molecule has 1 nitrogen and oxygen atoms in total. The van der Waals surface area contributed by atoms with Crippen molar-refractivity contribution in [3.63, 3.8) is 0 Å². The van der Waals surface area contributed by atoms with Crippen LogP contribution in [0.5, 0.6) is 0 Å². The predicted molar refractivity (Wildman–Crippen MR) is 101 cm³/mol. The Balaban J connectivity index is 1.67. The van der Waals surface area contributed by atoms with Gasteiger partial charge in [0.15, 0.2) is 0 Å². The highest BCUT2D eigenvalue weighted by Gasteiger charge is 2.61. The van der Waals surface area contributed by atoms with E-state index in [9.17, 15) is 5.11 Å². The molecule has 4 saturated carbocycles. The Labute approximate surface area is 149 Å². The third kappa shape index (κ3) is 2.22. The van der Waals surface area contributed by atoms with Crippen molar-refractivity contribution in [3.05, 3.63) is 11.6 Å². The molecule has 0 amide bonds. The molecule has 1 N–H and O–H groups in total. The molecule has 1 heteroatoms. The molecule has 0 aromatic rings. The van der Waals surface area contributed by atoms with Crippen LogP contribution in [0.3, 0.4) is 0 Å². The molecule has 0 aliphatic heterocycles. The standard InChI is InChI=1S/C23H38O/c1-6-16-7-8-18-17-13-15(2)20-14-21(3,24)11-12-23(20,5)19(17)9-10-22(16,18)4/h6,15,17-20,24H,7-14H2,1-5H3/t15-,17+,18+,19+,20-,21?,22-,23-/m1/s1. The Kier molecular flexibility index (Phi) is 3.82. The van der Waals surface area contributed by atoms with Gasteiger partial charge in [0.2, 0.25) is 0 Å². The molecule has 0 spiro atoms. The fraction of sp³-hybridized carbons (Fsp3) is 0.913. The highest BCUT2D eigenvalue weighted by molar-refractivity contribution is 5.24. The van der Waals surface area contributed by atoms with Gasteiger partial charge in [0.1, 0.15) is 0 Å². The molecule has 4 aliphatic carbocycles. The van der Waals surface area contributed by atoms with E-state index >= 15 is 0 Å². The van der Waals surface area contributed by atoms with Gasteiger partial charge in [0.25, 0.3) is 0 Å². The molecule has 0 radical (unpaired) electrons. The quantitative estimate of drug-likeness (QED) is 0.542. The SMILES string of the molecule is CC=C1CC[C@H]2[C@@H]3C[C@@H](C)[C@H]4CC(C)(O)CC[C@]4(C)[C@H]3CC[C@]12C. The van der Waals surface area contributed by atoms with Gasteiger partial charge in [0.05, 0.1) is 5.60 Å². The Bertz CT molecular complexity index is 546. The third-order valence-corrected chi connectivity index (χ3v) is 9.52. The monoisotopic (exact) mass is 330 g/mol. The van der Waals surface area contributed by atoms with E-state index in [1.807, 2.05) is 0 Å². The lowest BCUT2D eigenvalue weighted by atomic mass is 9.42. The second-order valence-corrected chi connectivity index (χ2v) is 10.7. The van der Waals surface area contributed by atoms with Gasteiger partial charge >= 0.3 is 0 Å². The zero-order valence-corrected chi connectivity index (χ0v) is 16.6. The predicted octanol–water partition coefficient (Wildman–Crippen LogP) is 5.97. The molecule has 1 unspecified atom stereocenters. The Morgan fingerprint density at radius 2 is 1.75 bits per heavy atom. The normalized spacial score (nSPS) is 58.9. The van der Waals surface area contributed by atoms with Crippen LogP contribution in [0, 0.1) is 40.4 Å². The lowest BCUT2D eigenvalue weighted by Gasteiger charge is -2.63. The van der Waals surface area contributed by atoms with Gasteiger partial charge in [-0.15, -0.1) is 0 Å². The first-order chi connectivity index (χ1) is 11.2. The highest BCUT2D eigenvalue weighted by Crippen LogP contribution is 2.68. The summed E-state index contributed by atoms with van der Waals surface area (Å²) in [6, 6.07) is 0. The van der Waals surface area contributed by atoms with Crippen LogP contribution in [-0.2, 0) is 0 Å². The van der Waals surface area contributed by atoms with E-state index in [1.165, 1.54) is 38.5 Å². The number of aliphatic hydroxyl groups is 1. The maximum atomic E-state index is 10.7. The molecule has 8 atom stereocenters. The highest BCUT2D eigenvalue weighted by atomic mass is 16.3. The molecule has 4 rings (SSSR count). The van der Waals surface area contributed by atoms with Crippen LogP contribution in [0.4, 0.5) is 0 Å². The zero-order chi connectivity index (χ0) is 17.3. The van der Waals surface area contributed by atoms with Gasteiger partial charge in [0, 0.05) is 0 Å². The van der Waals surface area contributed by atoms with Crippen molar-refractivity contribution in [2.75, 3.05) is 0 Å². The van der Waals surface area contributed by atoms with Crippen molar-refractivity contribution in [3.8, 4) is 0 Å². The van der Waals surface area contributed by atoms with Crippen LogP contribution in [0.15, 0.2) is 11.6 Å². The van der Waals surface area contributed by atoms with Crippen molar-refractivity contribution in [1.29, 1.82) is 0 Å².